The second-order valence-electron chi connectivity index (χ2n) is 19.1. The zero-order valence-corrected chi connectivity index (χ0v) is 43.5. The van der Waals surface area contributed by atoms with E-state index in [0.717, 1.165) is 27.0 Å². The van der Waals surface area contributed by atoms with Gasteiger partial charge in [0, 0.05) is 24.5 Å². The summed E-state index contributed by atoms with van der Waals surface area (Å²) in [6, 6.07) is 17.3. The number of urea groups is 1. The number of aromatic nitrogens is 5. The maximum atomic E-state index is 13.9. The Morgan fingerprint density at radius 1 is 0.863 bits per heavy atom. The van der Waals surface area contributed by atoms with Gasteiger partial charge in [-0.3, -0.25) is 24.4 Å². The molecule has 1 aliphatic heterocycles. The largest absolute Gasteiger partial charge is 0.485 e. The molecule has 24 nitrogen and oxygen atoms in total. The number of pyridine rings is 1. The maximum absolute atomic E-state index is 13.9. The molecule has 73 heavy (non-hydrogen) atoms. The van der Waals surface area contributed by atoms with Crippen molar-refractivity contribution in [1.82, 2.24) is 43.6 Å². The van der Waals surface area contributed by atoms with Crippen LogP contribution in [0.5, 0.6) is 11.5 Å². The highest BCUT2D eigenvalue weighted by Gasteiger charge is 2.44. The topological polar surface area (TPSA) is 286 Å². The highest BCUT2D eigenvalue weighted by molar-refractivity contribution is 7.88. The summed E-state index contributed by atoms with van der Waals surface area (Å²) in [4.78, 5) is 96.4. The van der Waals surface area contributed by atoms with Crippen LogP contribution in [0.1, 0.15) is 72.2 Å². The summed E-state index contributed by atoms with van der Waals surface area (Å²) in [7, 11) is -1.67. The summed E-state index contributed by atoms with van der Waals surface area (Å²) in [6.07, 6.45) is 0.526. The minimum absolute atomic E-state index is 0.00964. The first kappa shape index (κ1) is 54.6. The van der Waals surface area contributed by atoms with Crippen molar-refractivity contribution in [2.45, 2.75) is 98.0 Å². The van der Waals surface area contributed by atoms with Crippen LogP contribution in [-0.2, 0) is 58.7 Å². The number of nitrogens with zero attached hydrogens (tertiary/aromatic N) is 8. The molecule has 2 aromatic carbocycles. The van der Waals surface area contributed by atoms with Gasteiger partial charge < -0.3 is 34.0 Å². The number of anilines is 1. The SMILES string of the molecule is CN(C)CCn1c(-c2cc(OCc3ccccc3)c(OCc3ccccc3)cn2)nn(S(=O)(=O)NC(=O)N2C[C@H](NC(=O)/C(=N\OC(C)(C)C(=O)OC(C)(C)C)c3csc(NC(=O)OC(C)(C)C)n3)C2=O)c1=O. The molecular formula is C47H57N11O13S2. The highest BCUT2D eigenvalue weighted by atomic mass is 32.2. The number of thiazole rings is 1. The van der Waals surface area contributed by atoms with Crippen LogP contribution in [0, 0.1) is 0 Å². The summed E-state index contributed by atoms with van der Waals surface area (Å²) in [5.74, 6) is -2.68. The van der Waals surface area contributed by atoms with Crippen LogP contribution in [0.3, 0.4) is 0 Å². The number of carbonyl (C=O) groups excluding carboxylic acids is 5. The van der Waals surface area contributed by atoms with Gasteiger partial charge in [0.1, 0.15) is 41.8 Å². The van der Waals surface area contributed by atoms with Gasteiger partial charge in [0.15, 0.2) is 28.2 Å². The zero-order valence-electron chi connectivity index (χ0n) is 41.8. The average Bonchev–Trinajstić information content (AvgIpc) is 3.90. The fourth-order valence-electron chi connectivity index (χ4n) is 6.25. The number of imide groups is 1. The minimum Gasteiger partial charge on any atom is -0.485 e. The Hall–Kier alpha value is -7.71. The lowest BCUT2D eigenvalue weighted by atomic mass is 10.1. The molecule has 5 amide bonds. The third-order valence-electron chi connectivity index (χ3n) is 9.89. The number of likely N-dealkylation sites (tertiary alicyclic amines) is 1. The highest BCUT2D eigenvalue weighted by Crippen LogP contribution is 2.32. The fraction of sp³-hybridized carbons (Fsp3) is 0.404. The van der Waals surface area contributed by atoms with Crippen LogP contribution >= 0.6 is 11.3 Å². The molecule has 26 heteroatoms. The fourth-order valence-corrected chi connectivity index (χ4v) is 7.84. The third kappa shape index (κ3) is 14.7. The van der Waals surface area contributed by atoms with E-state index in [1.54, 1.807) is 65.3 Å². The number of hydrogen-bond donors (Lipinski definition) is 3. The summed E-state index contributed by atoms with van der Waals surface area (Å²) in [6.45, 7) is 12.5. The van der Waals surface area contributed by atoms with Crippen molar-refractivity contribution in [3.05, 3.63) is 106 Å². The predicted octanol–water partition coefficient (Wildman–Crippen LogP) is 4.30. The normalized spacial score (nSPS) is 14.2. The number of amides is 5. The molecule has 0 spiro atoms. The second-order valence-corrected chi connectivity index (χ2v) is 21.4. The maximum Gasteiger partial charge on any atom is 0.413 e. The molecule has 6 rings (SSSR count). The first-order valence-corrected chi connectivity index (χ1v) is 24.8. The molecule has 1 fully saturated rings. The van der Waals surface area contributed by atoms with Gasteiger partial charge in [0.25, 0.3) is 11.8 Å². The van der Waals surface area contributed by atoms with Gasteiger partial charge in [-0.05, 0) is 80.6 Å². The molecule has 1 atom stereocenters. The molecule has 4 heterocycles. The summed E-state index contributed by atoms with van der Waals surface area (Å²) in [5, 5.41) is 14.2. The van der Waals surface area contributed by atoms with Crippen molar-refractivity contribution in [3.8, 4) is 23.0 Å². The molecule has 0 bridgehead atoms. The van der Waals surface area contributed by atoms with Crippen LogP contribution in [-0.4, -0.2) is 128 Å². The van der Waals surface area contributed by atoms with E-state index in [1.807, 2.05) is 60.7 Å². The van der Waals surface area contributed by atoms with Crippen LogP contribution in [0.2, 0.25) is 0 Å². The van der Waals surface area contributed by atoms with Crippen molar-refractivity contribution in [2.75, 3.05) is 32.5 Å². The molecule has 390 valence electrons. The predicted molar refractivity (Wildman–Crippen MR) is 266 cm³/mol. The molecule has 3 aromatic heterocycles. The van der Waals surface area contributed by atoms with E-state index in [1.165, 1.54) is 31.5 Å². The minimum atomic E-state index is -5.16. The van der Waals surface area contributed by atoms with E-state index < -0.39 is 80.9 Å². The number of ether oxygens (including phenoxy) is 4. The van der Waals surface area contributed by atoms with E-state index in [0.29, 0.717) is 4.90 Å². The van der Waals surface area contributed by atoms with E-state index in [2.05, 4.69) is 30.9 Å². The van der Waals surface area contributed by atoms with E-state index in [9.17, 15) is 37.2 Å². The summed E-state index contributed by atoms with van der Waals surface area (Å²) in [5.41, 5.74) is -3.63. The van der Waals surface area contributed by atoms with Gasteiger partial charge in [0.05, 0.1) is 12.7 Å². The van der Waals surface area contributed by atoms with Gasteiger partial charge in [-0.2, -0.15) is 8.42 Å². The van der Waals surface area contributed by atoms with Crippen molar-refractivity contribution in [1.29, 1.82) is 0 Å². The van der Waals surface area contributed by atoms with Crippen LogP contribution in [0.4, 0.5) is 14.7 Å². The van der Waals surface area contributed by atoms with Crippen molar-refractivity contribution in [3.63, 3.8) is 0 Å². The molecule has 0 saturated carbocycles. The van der Waals surface area contributed by atoms with Crippen LogP contribution < -0.4 is 30.5 Å². The quantitative estimate of drug-likeness (QED) is 0.0450. The Kier molecular flexibility index (Phi) is 16.7. The molecule has 1 aliphatic rings. The zero-order chi connectivity index (χ0) is 53.5. The summed E-state index contributed by atoms with van der Waals surface area (Å²) >= 11 is 0.890. The van der Waals surface area contributed by atoms with Crippen LogP contribution in [0.15, 0.2) is 88.3 Å². The Labute approximate surface area is 424 Å². The molecule has 0 unspecified atom stereocenters. The van der Waals surface area contributed by atoms with Crippen molar-refractivity contribution >= 4 is 62.3 Å². The Balaban J connectivity index is 1.21. The first-order valence-electron chi connectivity index (χ1n) is 22.5. The lowest BCUT2D eigenvalue weighted by Gasteiger charge is -2.36. The van der Waals surface area contributed by atoms with Gasteiger partial charge in [-0.25, -0.2) is 33.9 Å². The number of rotatable bonds is 19. The second kappa shape index (κ2) is 22.4. The van der Waals surface area contributed by atoms with Gasteiger partial charge in [-0.1, -0.05) is 69.9 Å². The van der Waals surface area contributed by atoms with E-state index >= 15 is 0 Å². The molecule has 5 aromatic rings. The Morgan fingerprint density at radius 2 is 1.47 bits per heavy atom. The Morgan fingerprint density at radius 3 is 2.04 bits per heavy atom. The molecule has 1 saturated heterocycles. The molecule has 3 N–H and O–H groups in total. The number of likely N-dealkylation sites (N-methyl/N-ethyl adjacent to an activating group) is 1. The lowest BCUT2D eigenvalue weighted by Crippen LogP contribution is -2.68. The van der Waals surface area contributed by atoms with Gasteiger partial charge in [-0.15, -0.1) is 16.4 Å². The van der Waals surface area contributed by atoms with E-state index in [-0.39, 0.29) is 64.2 Å². The number of hydrogen-bond acceptors (Lipinski definition) is 19. The average molecular weight is 1050 g/mol. The lowest BCUT2D eigenvalue weighted by molar-refractivity contribution is -0.179. The van der Waals surface area contributed by atoms with Gasteiger partial charge >= 0.3 is 34.0 Å². The van der Waals surface area contributed by atoms with E-state index in [4.69, 9.17) is 23.8 Å². The Bertz CT molecular complexity index is 3030. The number of β-lactam (4-membered cyclic amide) rings is 1. The van der Waals surface area contributed by atoms with Crippen molar-refractivity contribution < 1.29 is 56.2 Å². The smallest absolute Gasteiger partial charge is 0.413 e. The number of benzene rings is 2. The number of oxime groups is 1. The number of carbonyl (C=O) groups is 5. The molecule has 0 aliphatic carbocycles. The third-order valence-corrected chi connectivity index (χ3v) is 11.8. The standard InChI is InChI=1S/C47H57N11O13S2/c1-45(2,3)69-40(61)47(7,8)71-53-36(33-28-72-41(50-33)51-43(63)70-46(4,5)6)38(59)49-32-25-57(39(32)60)42(62)54-73(65,66)58-44(64)56(22-21-55(9)10)37(52-58)31-23-34(67-26-29-17-13-11-14-18-29)35(24-48-31)68-27-30-19-15-12-16-20-30/h11-20,23-24,28,32H,21-22,25-27H2,1-10H3,(H,49,59)(H,54,62)(H,50,51,63)/b53-36-/t32-/m0/s1. The molecular weight excluding hydrogens is 991 g/mol. The van der Waals surface area contributed by atoms with Gasteiger partial charge in [0.2, 0.25) is 5.60 Å². The molecule has 0 radical (unpaired) electrons. The number of nitrogens with one attached hydrogen (secondary N) is 3. The monoisotopic (exact) mass is 1050 g/mol. The van der Waals surface area contributed by atoms with Crippen LogP contribution in [0.25, 0.3) is 11.5 Å². The number of esters is 1. The van der Waals surface area contributed by atoms with Crippen molar-refractivity contribution in [2.24, 2.45) is 5.16 Å². The first-order chi connectivity index (χ1) is 34.2. The summed E-state index contributed by atoms with van der Waals surface area (Å²) < 4.78 is 53.5.